The second-order valence-corrected chi connectivity index (χ2v) is 4.44. The minimum Gasteiger partial charge on any atom is -0.491 e. The van der Waals surface area contributed by atoms with Crippen LogP contribution in [0.25, 0.3) is 0 Å². The molecule has 2 rings (SSSR count). The van der Waals surface area contributed by atoms with E-state index in [9.17, 15) is 5.11 Å². The van der Waals surface area contributed by atoms with Gasteiger partial charge in [-0.3, -0.25) is 0 Å². The molecule has 0 radical (unpaired) electrons. The zero-order chi connectivity index (χ0) is 14.2. The van der Waals surface area contributed by atoms with Gasteiger partial charge in [0.05, 0.1) is 6.61 Å². The molecule has 2 N–H and O–H groups in total. The molecule has 4 heteroatoms. The van der Waals surface area contributed by atoms with Gasteiger partial charge in [0.2, 0.25) is 0 Å². The molecule has 0 heterocycles. The molecule has 1 atom stereocenters. The number of ether oxygens (including phenoxy) is 2. The van der Waals surface area contributed by atoms with Crippen LogP contribution in [-0.4, -0.2) is 31.5 Å². The molecular formula is C16H19NO3. The number of para-hydroxylation sites is 1. The van der Waals surface area contributed by atoms with E-state index in [4.69, 9.17) is 9.47 Å². The fraction of sp³-hybridized carbons (Fsp3) is 0.250. The molecule has 0 aromatic heterocycles. The van der Waals surface area contributed by atoms with Gasteiger partial charge >= 0.3 is 0 Å². The van der Waals surface area contributed by atoms with E-state index in [1.165, 1.54) is 0 Å². The van der Waals surface area contributed by atoms with Gasteiger partial charge in [-0.15, -0.1) is 0 Å². The van der Waals surface area contributed by atoms with Crippen molar-refractivity contribution >= 4 is 11.4 Å². The first kappa shape index (κ1) is 14.4. The Balaban J connectivity index is 1.87. The van der Waals surface area contributed by atoms with Crippen LogP contribution in [0.2, 0.25) is 0 Å². The Morgan fingerprint density at radius 2 is 1.60 bits per heavy atom. The van der Waals surface area contributed by atoms with E-state index in [0.29, 0.717) is 0 Å². The van der Waals surface area contributed by atoms with Crippen LogP contribution in [0.1, 0.15) is 0 Å². The van der Waals surface area contributed by atoms with Gasteiger partial charge in [-0.25, -0.2) is 0 Å². The summed E-state index contributed by atoms with van der Waals surface area (Å²) >= 11 is 0. The molecule has 2 aromatic rings. The molecule has 2 aromatic carbocycles. The lowest BCUT2D eigenvalue weighted by molar-refractivity contribution is 0.0325. The third-order valence-corrected chi connectivity index (χ3v) is 2.72. The number of hydrogen-bond donors (Lipinski definition) is 2. The van der Waals surface area contributed by atoms with Gasteiger partial charge in [-0.1, -0.05) is 18.2 Å². The van der Waals surface area contributed by atoms with Crippen LogP contribution in [0.5, 0.6) is 5.75 Å². The standard InChI is InChI=1S/C16H19NO3/c1-19-11-15(18)12-20-16-9-7-14(8-10-16)17-13-5-3-2-4-6-13/h2-10,15,17-18H,11-12H2,1H3/t15-/m0/s1. The van der Waals surface area contributed by atoms with E-state index in [1.807, 2.05) is 54.6 Å². The monoisotopic (exact) mass is 273 g/mol. The Bertz CT molecular complexity index is 499. The highest BCUT2D eigenvalue weighted by atomic mass is 16.5. The highest BCUT2D eigenvalue weighted by molar-refractivity contribution is 5.59. The van der Waals surface area contributed by atoms with Crippen LogP contribution in [0.4, 0.5) is 11.4 Å². The molecular weight excluding hydrogens is 254 g/mol. The van der Waals surface area contributed by atoms with Gasteiger partial charge < -0.3 is 19.9 Å². The van der Waals surface area contributed by atoms with Crippen molar-refractivity contribution in [2.24, 2.45) is 0 Å². The Morgan fingerprint density at radius 1 is 0.950 bits per heavy atom. The summed E-state index contributed by atoms with van der Waals surface area (Å²) < 4.78 is 10.3. The van der Waals surface area contributed by atoms with Crippen molar-refractivity contribution in [3.05, 3.63) is 54.6 Å². The zero-order valence-electron chi connectivity index (χ0n) is 11.5. The first-order valence-corrected chi connectivity index (χ1v) is 6.50. The normalized spacial score (nSPS) is 11.9. The van der Waals surface area contributed by atoms with E-state index in [0.717, 1.165) is 17.1 Å². The highest BCUT2D eigenvalue weighted by Gasteiger charge is 2.04. The molecule has 0 fully saturated rings. The average Bonchev–Trinajstić information content (AvgIpc) is 2.48. The van der Waals surface area contributed by atoms with Crippen molar-refractivity contribution in [3.8, 4) is 5.75 Å². The summed E-state index contributed by atoms with van der Waals surface area (Å²) in [5.74, 6) is 0.721. The van der Waals surface area contributed by atoms with Crippen molar-refractivity contribution in [3.63, 3.8) is 0 Å². The lowest BCUT2D eigenvalue weighted by atomic mass is 10.2. The van der Waals surface area contributed by atoms with Crippen LogP contribution < -0.4 is 10.1 Å². The Kier molecular flexibility index (Phi) is 5.41. The Morgan fingerprint density at radius 3 is 2.25 bits per heavy atom. The summed E-state index contributed by atoms with van der Waals surface area (Å²) in [6.07, 6.45) is -0.609. The first-order chi connectivity index (χ1) is 9.78. The summed E-state index contributed by atoms with van der Waals surface area (Å²) in [6, 6.07) is 17.6. The van der Waals surface area contributed by atoms with E-state index in [2.05, 4.69) is 5.32 Å². The molecule has 0 amide bonds. The predicted octanol–water partition coefficient (Wildman–Crippen LogP) is 2.82. The third-order valence-electron chi connectivity index (χ3n) is 2.72. The quantitative estimate of drug-likeness (QED) is 0.814. The number of aliphatic hydroxyl groups is 1. The summed E-state index contributed by atoms with van der Waals surface area (Å²) in [5.41, 5.74) is 2.03. The Labute approximate surface area is 119 Å². The van der Waals surface area contributed by atoms with Crippen molar-refractivity contribution in [2.75, 3.05) is 25.6 Å². The van der Waals surface area contributed by atoms with Crippen LogP contribution >= 0.6 is 0 Å². The van der Waals surface area contributed by atoms with Crippen LogP contribution in [0.15, 0.2) is 54.6 Å². The zero-order valence-corrected chi connectivity index (χ0v) is 11.5. The highest BCUT2D eigenvalue weighted by Crippen LogP contribution is 2.19. The van der Waals surface area contributed by atoms with E-state index in [1.54, 1.807) is 7.11 Å². The van der Waals surface area contributed by atoms with Crippen molar-refractivity contribution < 1.29 is 14.6 Å². The maximum Gasteiger partial charge on any atom is 0.119 e. The number of hydrogen-bond acceptors (Lipinski definition) is 4. The molecule has 0 saturated heterocycles. The third kappa shape index (κ3) is 4.57. The second-order valence-electron chi connectivity index (χ2n) is 4.44. The smallest absolute Gasteiger partial charge is 0.119 e. The van der Waals surface area contributed by atoms with Gasteiger partial charge in [0.25, 0.3) is 0 Å². The largest absolute Gasteiger partial charge is 0.491 e. The number of rotatable bonds is 7. The summed E-state index contributed by atoms with van der Waals surface area (Å²) in [5, 5.41) is 12.8. The van der Waals surface area contributed by atoms with Crippen molar-refractivity contribution in [1.82, 2.24) is 0 Å². The van der Waals surface area contributed by atoms with Gasteiger partial charge in [0.1, 0.15) is 18.5 Å². The molecule has 0 unspecified atom stereocenters. The molecule has 0 aliphatic heterocycles. The molecule has 20 heavy (non-hydrogen) atoms. The van der Waals surface area contributed by atoms with Crippen LogP contribution in [0, 0.1) is 0 Å². The maximum absolute atomic E-state index is 9.50. The fourth-order valence-corrected chi connectivity index (χ4v) is 1.76. The molecule has 0 bridgehead atoms. The van der Waals surface area contributed by atoms with E-state index < -0.39 is 6.10 Å². The van der Waals surface area contributed by atoms with Crippen LogP contribution in [0.3, 0.4) is 0 Å². The van der Waals surface area contributed by atoms with E-state index >= 15 is 0 Å². The molecule has 0 aliphatic rings. The van der Waals surface area contributed by atoms with E-state index in [-0.39, 0.29) is 13.2 Å². The minimum absolute atomic E-state index is 0.222. The number of benzene rings is 2. The number of methoxy groups -OCH3 is 1. The average molecular weight is 273 g/mol. The van der Waals surface area contributed by atoms with Crippen molar-refractivity contribution in [1.29, 1.82) is 0 Å². The lowest BCUT2D eigenvalue weighted by Gasteiger charge is -2.12. The molecule has 106 valence electrons. The minimum atomic E-state index is -0.609. The van der Waals surface area contributed by atoms with Gasteiger partial charge in [-0.2, -0.15) is 0 Å². The summed E-state index contributed by atoms with van der Waals surface area (Å²) in [4.78, 5) is 0. The molecule has 0 aliphatic carbocycles. The number of nitrogens with one attached hydrogen (secondary N) is 1. The SMILES string of the molecule is COC[C@H](O)COc1ccc(Nc2ccccc2)cc1. The first-order valence-electron chi connectivity index (χ1n) is 6.50. The number of aliphatic hydroxyl groups excluding tert-OH is 1. The topological polar surface area (TPSA) is 50.7 Å². The summed E-state index contributed by atoms with van der Waals surface area (Å²) in [7, 11) is 1.55. The Hall–Kier alpha value is -2.04. The van der Waals surface area contributed by atoms with Gasteiger partial charge in [0, 0.05) is 18.5 Å². The second kappa shape index (κ2) is 7.53. The molecule has 0 saturated carbocycles. The predicted molar refractivity (Wildman–Crippen MR) is 79.5 cm³/mol. The van der Waals surface area contributed by atoms with Gasteiger partial charge in [0.15, 0.2) is 0 Å². The summed E-state index contributed by atoms with van der Waals surface area (Å²) in [6.45, 7) is 0.493. The number of anilines is 2. The maximum atomic E-state index is 9.50. The van der Waals surface area contributed by atoms with Crippen molar-refractivity contribution in [2.45, 2.75) is 6.10 Å². The lowest BCUT2D eigenvalue weighted by Crippen LogP contribution is -2.22. The molecule has 4 nitrogen and oxygen atoms in total. The van der Waals surface area contributed by atoms with Gasteiger partial charge in [-0.05, 0) is 36.4 Å². The molecule has 0 spiro atoms. The fourth-order valence-electron chi connectivity index (χ4n) is 1.76. The van der Waals surface area contributed by atoms with Crippen LogP contribution in [-0.2, 0) is 4.74 Å².